The third-order valence-corrected chi connectivity index (χ3v) is 3.20. The lowest BCUT2D eigenvalue weighted by atomic mass is 10.1. The van der Waals surface area contributed by atoms with Gasteiger partial charge in [0.2, 0.25) is 0 Å². The molecule has 0 saturated heterocycles. The highest BCUT2D eigenvalue weighted by atomic mass is 16.5. The molecule has 15 heavy (non-hydrogen) atoms. The molecule has 0 aromatic heterocycles. The molecule has 0 amide bonds. The predicted molar refractivity (Wildman–Crippen MR) is 61.0 cm³/mol. The van der Waals surface area contributed by atoms with Crippen molar-refractivity contribution in [2.75, 3.05) is 26.8 Å². The van der Waals surface area contributed by atoms with Gasteiger partial charge in [-0.05, 0) is 19.4 Å². The van der Waals surface area contributed by atoms with Crippen LogP contribution in [0.5, 0.6) is 0 Å². The summed E-state index contributed by atoms with van der Waals surface area (Å²) in [6, 6.07) is 0.160. The van der Waals surface area contributed by atoms with E-state index in [2.05, 4.69) is 11.8 Å². The molecule has 0 aromatic rings. The minimum Gasteiger partial charge on any atom is -0.383 e. The Kier molecular flexibility index (Phi) is 5.88. The molecule has 3 nitrogen and oxygen atoms in total. The predicted octanol–water partition coefficient (Wildman–Crippen LogP) is 1.86. The van der Waals surface area contributed by atoms with Crippen LogP contribution >= 0.6 is 0 Å². The summed E-state index contributed by atoms with van der Waals surface area (Å²) in [6.45, 7) is 4.66. The Bertz CT molecular complexity index is 194. The molecule has 3 heteroatoms. The van der Waals surface area contributed by atoms with Crippen LogP contribution in [0.1, 0.15) is 39.0 Å². The minimum atomic E-state index is 0.160. The lowest BCUT2D eigenvalue weighted by Crippen LogP contribution is -2.42. The average Bonchev–Trinajstić information content (AvgIpc) is 2.45. The highest BCUT2D eigenvalue weighted by Crippen LogP contribution is 2.19. The van der Waals surface area contributed by atoms with Gasteiger partial charge < -0.3 is 4.74 Å². The molecule has 1 rings (SSSR count). The van der Waals surface area contributed by atoms with E-state index in [1.807, 2.05) is 0 Å². The van der Waals surface area contributed by atoms with Crippen molar-refractivity contribution >= 4 is 5.78 Å². The van der Waals surface area contributed by atoms with Crippen molar-refractivity contribution in [2.24, 2.45) is 0 Å². The largest absolute Gasteiger partial charge is 0.383 e. The van der Waals surface area contributed by atoms with Crippen molar-refractivity contribution in [1.82, 2.24) is 4.90 Å². The zero-order chi connectivity index (χ0) is 11.1. The second-order valence-corrected chi connectivity index (χ2v) is 4.20. The number of ether oxygens (including phenoxy) is 1. The van der Waals surface area contributed by atoms with Crippen LogP contribution in [0.25, 0.3) is 0 Å². The van der Waals surface area contributed by atoms with Gasteiger partial charge in [0.15, 0.2) is 0 Å². The monoisotopic (exact) mass is 213 g/mol. The molecule has 88 valence electrons. The van der Waals surface area contributed by atoms with E-state index in [0.717, 1.165) is 39.0 Å². The number of Topliss-reactive ketones (excluding diaryl/α,β-unsaturated/α-hetero) is 1. The lowest BCUT2D eigenvalue weighted by Gasteiger charge is -2.28. The van der Waals surface area contributed by atoms with E-state index >= 15 is 0 Å². The number of rotatable bonds is 5. The van der Waals surface area contributed by atoms with Crippen molar-refractivity contribution in [2.45, 2.75) is 45.1 Å². The summed E-state index contributed by atoms with van der Waals surface area (Å²) in [5.74, 6) is 0.436. The fourth-order valence-electron chi connectivity index (χ4n) is 2.27. The molecule has 1 saturated carbocycles. The molecule has 1 aliphatic carbocycles. The van der Waals surface area contributed by atoms with Crippen LogP contribution in [-0.4, -0.2) is 43.5 Å². The molecule has 1 fully saturated rings. The van der Waals surface area contributed by atoms with Crippen LogP contribution in [0.2, 0.25) is 0 Å². The Hall–Kier alpha value is -0.410. The van der Waals surface area contributed by atoms with E-state index in [0.29, 0.717) is 5.78 Å². The first kappa shape index (κ1) is 12.7. The molecule has 0 bridgehead atoms. The van der Waals surface area contributed by atoms with Gasteiger partial charge in [-0.25, -0.2) is 0 Å². The molecule has 0 aromatic carbocycles. The summed E-state index contributed by atoms with van der Waals surface area (Å²) in [5.41, 5.74) is 0. The number of methoxy groups -OCH3 is 1. The van der Waals surface area contributed by atoms with E-state index in [1.54, 1.807) is 7.11 Å². The Balaban J connectivity index is 2.51. The van der Waals surface area contributed by atoms with Gasteiger partial charge in [0, 0.05) is 20.1 Å². The van der Waals surface area contributed by atoms with Crippen LogP contribution in [-0.2, 0) is 9.53 Å². The van der Waals surface area contributed by atoms with Crippen LogP contribution in [0, 0.1) is 0 Å². The average molecular weight is 213 g/mol. The first-order chi connectivity index (χ1) is 7.29. The Morgan fingerprint density at radius 2 is 2.20 bits per heavy atom. The normalized spacial score (nSPS) is 23.1. The number of likely N-dealkylation sites (N-methyl/N-ethyl adjacent to an activating group) is 1. The van der Waals surface area contributed by atoms with Gasteiger partial charge in [-0.3, -0.25) is 9.69 Å². The van der Waals surface area contributed by atoms with Crippen LogP contribution in [0.3, 0.4) is 0 Å². The standard InChI is InChI=1S/C12H23NO2/c1-3-13(9-10-15-2)11-7-5-4-6-8-12(11)14/h11H,3-10H2,1-2H3. The van der Waals surface area contributed by atoms with E-state index < -0.39 is 0 Å². The zero-order valence-electron chi connectivity index (χ0n) is 10.00. The van der Waals surface area contributed by atoms with Crippen LogP contribution in [0.4, 0.5) is 0 Å². The Labute approximate surface area is 92.8 Å². The van der Waals surface area contributed by atoms with Gasteiger partial charge >= 0.3 is 0 Å². The van der Waals surface area contributed by atoms with Gasteiger partial charge in [0.25, 0.3) is 0 Å². The maximum Gasteiger partial charge on any atom is 0.149 e. The van der Waals surface area contributed by atoms with Crippen LogP contribution in [0.15, 0.2) is 0 Å². The van der Waals surface area contributed by atoms with Crippen molar-refractivity contribution in [3.8, 4) is 0 Å². The van der Waals surface area contributed by atoms with Crippen LogP contribution < -0.4 is 0 Å². The second-order valence-electron chi connectivity index (χ2n) is 4.20. The summed E-state index contributed by atoms with van der Waals surface area (Å²) >= 11 is 0. The zero-order valence-corrected chi connectivity index (χ0v) is 10.00. The van der Waals surface area contributed by atoms with Crippen molar-refractivity contribution in [3.05, 3.63) is 0 Å². The molecular formula is C12H23NO2. The summed E-state index contributed by atoms with van der Waals surface area (Å²) in [5, 5.41) is 0. The molecule has 0 aliphatic heterocycles. The van der Waals surface area contributed by atoms with E-state index in [-0.39, 0.29) is 6.04 Å². The summed E-state index contributed by atoms with van der Waals surface area (Å²) in [4.78, 5) is 14.2. The number of carbonyl (C=O) groups is 1. The quantitative estimate of drug-likeness (QED) is 0.653. The van der Waals surface area contributed by atoms with Gasteiger partial charge in [-0.15, -0.1) is 0 Å². The molecule has 0 N–H and O–H groups in total. The van der Waals surface area contributed by atoms with Gasteiger partial charge in [-0.2, -0.15) is 0 Å². The third kappa shape index (κ3) is 3.92. The summed E-state index contributed by atoms with van der Waals surface area (Å²) < 4.78 is 5.08. The Morgan fingerprint density at radius 3 is 2.87 bits per heavy atom. The molecule has 0 spiro atoms. The number of carbonyl (C=O) groups excluding carboxylic acids is 1. The highest BCUT2D eigenvalue weighted by Gasteiger charge is 2.25. The number of ketones is 1. The van der Waals surface area contributed by atoms with E-state index in [1.165, 1.54) is 12.8 Å². The third-order valence-electron chi connectivity index (χ3n) is 3.20. The first-order valence-electron chi connectivity index (χ1n) is 6.05. The molecule has 0 radical (unpaired) electrons. The number of hydrogen-bond acceptors (Lipinski definition) is 3. The van der Waals surface area contributed by atoms with Gasteiger partial charge in [0.05, 0.1) is 12.6 Å². The maximum absolute atomic E-state index is 11.9. The maximum atomic E-state index is 11.9. The fourth-order valence-corrected chi connectivity index (χ4v) is 2.27. The van der Waals surface area contributed by atoms with E-state index in [9.17, 15) is 4.79 Å². The first-order valence-corrected chi connectivity index (χ1v) is 6.05. The molecule has 1 unspecified atom stereocenters. The number of hydrogen-bond donors (Lipinski definition) is 0. The minimum absolute atomic E-state index is 0.160. The van der Waals surface area contributed by atoms with Gasteiger partial charge in [-0.1, -0.05) is 19.8 Å². The smallest absolute Gasteiger partial charge is 0.149 e. The second kappa shape index (κ2) is 6.96. The molecular weight excluding hydrogens is 190 g/mol. The van der Waals surface area contributed by atoms with Crippen molar-refractivity contribution in [1.29, 1.82) is 0 Å². The summed E-state index contributed by atoms with van der Waals surface area (Å²) in [6.07, 6.45) is 5.30. The molecule has 1 atom stereocenters. The van der Waals surface area contributed by atoms with Crippen molar-refractivity contribution in [3.63, 3.8) is 0 Å². The summed E-state index contributed by atoms with van der Waals surface area (Å²) in [7, 11) is 1.71. The Morgan fingerprint density at radius 1 is 1.40 bits per heavy atom. The molecule has 0 heterocycles. The number of nitrogens with zero attached hydrogens (tertiary/aromatic N) is 1. The SMILES string of the molecule is CCN(CCOC)C1CCCCCC1=O. The van der Waals surface area contributed by atoms with E-state index in [4.69, 9.17) is 4.74 Å². The fraction of sp³-hybridized carbons (Fsp3) is 0.917. The van der Waals surface area contributed by atoms with Crippen molar-refractivity contribution < 1.29 is 9.53 Å². The topological polar surface area (TPSA) is 29.5 Å². The van der Waals surface area contributed by atoms with Gasteiger partial charge in [0.1, 0.15) is 5.78 Å². The highest BCUT2D eigenvalue weighted by molar-refractivity contribution is 5.84. The molecule has 1 aliphatic rings. The lowest BCUT2D eigenvalue weighted by molar-refractivity contribution is -0.124.